The first kappa shape index (κ1) is 17.3. The van der Waals surface area contributed by atoms with Gasteiger partial charge in [-0.1, -0.05) is 49.6 Å². The van der Waals surface area contributed by atoms with Crippen LogP contribution in [0, 0.1) is 0 Å². The Balaban J connectivity index is 0.00000156. The summed E-state index contributed by atoms with van der Waals surface area (Å²) in [5, 5.41) is 0.453. The first-order valence-electron chi connectivity index (χ1n) is 7.91. The van der Waals surface area contributed by atoms with Crippen molar-refractivity contribution in [2.45, 2.75) is 38.0 Å². The average molecular weight is 338 g/mol. The van der Waals surface area contributed by atoms with Gasteiger partial charge in [-0.25, -0.2) is 4.57 Å². The molecule has 4 rings (SSSR count). The van der Waals surface area contributed by atoms with Crippen molar-refractivity contribution in [1.29, 1.82) is 0 Å². The molecule has 1 saturated carbocycles. The van der Waals surface area contributed by atoms with Crippen LogP contribution in [0.25, 0.3) is 11.1 Å². The van der Waals surface area contributed by atoms with Gasteiger partial charge in [0.2, 0.25) is 0 Å². The number of fused-ring (bicyclic) bond motifs is 3. The number of para-hydroxylation sites is 1. The van der Waals surface area contributed by atoms with Crippen LogP contribution in [0.1, 0.15) is 43.6 Å². The summed E-state index contributed by atoms with van der Waals surface area (Å²) >= 11 is 0. The van der Waals surface area contributed by atoms with Gasteiger partial charge in [0.15, 0.2) is 0 Å². The molecule has 1 atom stereocenters. The van der Waals surface area contributed by atoms with E-state index >= 15 is 0 Å². The molecule has 1 aliphatic heterocycles. The predicted octanol–water partition coefficient (Wildman–Crippen LogP) is 3.96. The normalized spacial score (nSPS) is 23.2. The van der Waals surface area contributed by atoms with Gasteiger partial charge in [-0.15, -0.1) is 0 Å². The summed E-state index contributed by atoms with van der Waals surface area (Å²) in [6.45, 7) is 0. The summed E-state index contributed by atoms with van der Waals surface area (Å²) in [5.74, 6) is 1.00. The van der Waals surface area contributed by atoms with Crippen LogP contribution in [-0.4, -0.2) is 34.5 Å². The second-order valence-electron chi connectivity index (χ2n) is 6.22. The van der Waals surface area contributed by atoms with Gasteiger partial charge >= 0.3 is 37.2 Å². The molecular formula is C18H20NaO3P. The summed E-state index contributed by atoms with van der Waals surface area (Å²) in [7, 11) is -3.79. The van der Waals surface area contributed by atoms with Crippen LogP contribution in [0.2, 0.25) is 0 Å². The van der Waals surface area contributed by atoms with Gasteiger partial charge in [-0.3, -0.25) is 0 Å². The van der Waals surface area contributed by atoms with Gasteiger partial charge in [0.25, 0.3) is 0 Å². The Bertz CT molecular complexity index is 769. The summed E-state index contributed by atoms with van der Waals surface area (Å²) in [4.78, 5) is 10.3. The molecule has 0 saturated heterocycles. The third-order valence-corrected chi connectivity index (χ3v) is 6.23. The number of hydrogen-bond donors (Lipinski definition) is 1. The molecule has 1 N–H and O–H groups in total. The van der Waals surface area contributed by atoms with Crippen molar-refractivity contribution in [2.75, 3.05) is 0 Å². The number of hydrogen-bond acceptors (Lipinski definition) is 2. The molecule has 116 valence electrons. The molecule has 1 heterocycles. The van der Waals surface area contributed by atoms with E-state index in [9.17, 15) is 9.46 Å². The third kappa shape index (κ3) is 3.18. The van der Waals surface area contributed by atoms with Crippen LogP contribution in [0.3, 0.4) is 0 Å². The van der Waals surface area contributed by atoms with Crippen LogP contribution in [0.5, 0.6) is 5.75 Å². The maximum absolute atomic E-state index is 12.6. The molecule has 2 aromatic rings. The van der Waals surface area contributed by atoms with Gasteiger partial charge in [0, 0.05) is 11.1 Å². The Hall–Kier alpha value is -0.570. The Labute approximate surface area is 158 Å². The van der Waals surface area contributed by atoms with E-state index in [-0.39, 0.29) is 29.6 Å². The average Bonchev–Trinajstić information content (AvgIpc) is 2.55. The monoisotopic (exact) mass is 338 g/mol. The minimum absolute atomic E-state index is 0. The van der Waals surface area contributed by atoms with E-state index in [4.69, 9.17) is 4.52 Å². The van der Waals surface area contributed by atoms with Crippen molar-refractivity contribution >= 4 is 42.5 Å². The molecule has 1 unspecified atom stereocenters. The molecule has 3 nitrogen and oxygen atoms in total. The Morgan fingerprint density at radius 2 is 1.74 bits per heavy atom. The molecule has 2 aromatic carbocycles. The molecule has 23 heavy (non-hydrogen) atoms. The quantitative estimate of drug-likeness (QED) is 0.632. The van der Waals surface area contributed by atoms with Crippen LogP contribution in [0.4, 0.5) is 0 Å². The molecule has 0 aromatic heterocycles. The van der Waals surface area contributed by atoms with Crippen LogP contribution in [-0.2, 0) is 4.57 Å². The van der Waals surface area contributed by atoms with Gasteiger partial charge in [0.05, 0.1) is 5.30 Å². The van der Waals surface area contributed by atoms with Crippen LogP contribution in [0.15, 0.2) is 42.5 Å². The van der Waals surface area contributed by atoms with Crippen molar-refractivity contribution in [3.05, 3.63) is 48.0 Å². The van der Waals surface area contributed by atoms with E-state index in [1.54, 1.807) is 6.07 Å². The summed E-state index contributed by atoms with van der Waals surface area (Å²) in [5.41, 5.74) is 2.90. The van der Waals surface area contributed by atoms with Crippen LogP contribution >= 0.6 is 7.60 Å². The first-order chi connectivity index (χ1) is 10.6. The Kier molecular flexibility index (Phi) is 5.06. The Morgan fingerprint density at radius 3 is 2.52 bits per heavy atom. The van der Waals surface area contributed by atoms with Crippen molar-refractivity contribution < 1.29 is 14.0 Å². The second kappa shape index (κ2) is 6.74. The zero-order valence-electron chi connectivity index (χ0n) is 12.4. The molecule has 0 bridgehead atoms. The van der Waals surface area contributed by atoms with Crippen molar-refractivity contribution in [3.63, 3.8) is 0 Å². The zero-order chi connectivity index (χ0) is 15.2. The molecule has 1 aliphatic carbocycles. The van der Waals surface area contributed by atoms with Crippen molar-refractivity contribution in [3.8, 4) is 16.9 Å². The van der Waals surface area contributed by atoms with E-state index in [0.29, 0.717) is 17.0 Å². The van der Waals surface area contributed by atoms with Crippen LogP contribution < -0.4 is 9.83 Å². The molecule has 1 fully saturated rings. The van der Waals surface area contributed by atoms with E-state index in [2.05, 4.69) is 6.07 Å². The molecular weight excluding hydrogens is 318 g/mol. The van der Waals surface area contributed by atoms with E-state index < -0.39 is 7.60 Å². The molecule has 0 amide bonds. The maximum atomic E-state index is 12.6. The summed E-state index contributed by atoms with van der Waals surface area (Å²) < 4.78 is 18.0. The van der Waals surface area contributed by atoms with E-state index in [1.807, 2.05) is 30.3 Å². The standard InChI is InChI=1S/C18H19O3P.Na.H/c19-22(20)18-12-14(13-6-2-1-3-7-13)10-11-16(18)15-8-4-5-9-17(15)21-22;;/h4-5,8-13H,1-3,6-7H2,(H,19,20);;. The van der Waals surface area contributed by atoms with Gasteiger partial charge in [-0.2, -0.15) is 0 Å². The Morgan fingerprint density at radius 1 is 1.00 bits per heavy atom. The summed E-state index contributed by atoms with van der Waals surface area (Å²) in [6.07, 6.45) is 6.14. The molecule has 5 heteroatoms. The fraction of sp³-hybridized carbons (Fsp3) is 0.333. The minimum atomic E-state index is -3.79. The van der Waals surface area contributed by atoms with Crippen molar-refractivity contribution in [1.82, 2.24) is 0 Å². The fourth-order valence-electron chi connectivity index (χ4n) is 3.65. The van der Waals surface area contributed by atoms with E-state index in [0.717, 1.165) is 11.1 Å². The second-order valence-corrected chi connectivity index (χ2v) is 7.92. The van der Waals surface area contributed by atoms with Gasteiger partial charge in [-0.05, 0) is 36.5 Å². The molecule has 0 radical (unpaired) electrons. The fourth-order valence-corrected chi connectivity index (χ4v) is 4.99. The van der Waals surface area contributed by atoms with E-state index in [1.165, 1.54) is 37.7 Å². The SMILES string of the molecule is O=P1(O)Oc2ccccc2-c2ccc(C3CCCCC3)cc21.[NaH]. The molecule has 2 aliphatic rings. The van der Waals surface area contributed by atoms with Crippen molar-refractivity contribution in [2.24, 2.45) is 0 Å². The third-order valence-electron chi connectivity index (χ3n) is 4.80. The zero-order valence-corrected chi connectivity index (χ0v) is 13.3. The first-order valence-corrected chi connectivity index (χ1v) is 9.49. The number of benzene rings is 2. The van der Waals surface area contributed by atoms with Gasteiger partial charge in [0.1, 0.15) is 5.75 Å². The number of rotatable bonds is 1. The topological polar surface area (TPSA) is 46.5 Å². The summed E-state index contributed by atoms with van der Waals surface area (Å²) in [6, 6.07) is 13.4. The van der Waals surface area contributed by atoms with Gasteiger partial charge < -0.3 is 9.42 Å². The predicted molar refractivity (Wildman–Crippen MR) is 94.9 cm³/mol. The molecule has 0 spiro atoms.